The van der Waals surface area contributed by atoms with Crippen LogP contribution in [0.5, 0.6) is 0 Å². The molecule has 8 nitrogen and oxygen atoms in total. The van der Waals surface area contributed by atoms with Crippen LogP contribution in [-0.4, -0.2) is 65.9 Å². The maximum Gasteiger partial charge on any atom is 0.407 e. The van der Waals surface area contributed by atoms with Crippen molar-refractivity contribution < 1.29 is 29.0 Å². The molecule has 2 amide bonds. The van der Waals surface area contributed by atoms with Gasteiger partial charge in [0.15, 0.2) is 0 Å². The molecule has 2 aliphatic rings. The number of amides is 2. The standard InChI is InChI=1S/C27H32N2O6/c1-27(2,3)29(14-24(30)31)25(32)17-12-18(34-15-17)13-28-26(33)35-16-23-21-10-6-4-8-19(21)20-9-5-7-11-22(20)23/h4-11,17-18,23H,12-16H2,1-3H3,(H,28,33)(H,30,31)/t17-,18-/m0/s1. The second-order valence-corrected chi connectivity index (χ2v) is 10.1. The van der Waals surface area contributed by atoms with Crippen LogP contribution in [-0.2, 0) is 19.1 Å². The summed E-state index contributed by atoms with van der Waals surface area (Å²) in [5.41, 5.74) is 4.00. The molecule has 35 heavy (non-hydrogen) atoms. The molecular weight excluding hydrogens is 448 g/mol. The van der Waals surface area contributed by atoms with Gasteiger partial charge in [-0.25, -0.2) is 4.79 Å². The van der Waals surface area contributed by atoms with Crippen molar-refractivity contribution in [1.82, 2.24) is 10.2 Å². The Kier molecular flexibility index (Phi) is 7.12. The molecule has 0 unspecified atom stereocenters. The van der Waals surface area contributed by atoms with E-state index in [1.165, 1.54) is 16.0 Å². The maximum absolute atomic E-state index is 12.9. The zero-order chi connectivity index (χ0) is 25.2. The molecule has 1 aliphatic carbocycles. The summed E-state index contributed by atoms with van der Waals surface area (Å²) in [6, 6.07) is 16.3. The number of fused-ring (bicyclic) bond motifs is 3. The lowest BCUT2D eigenvalue weighted by Gasteiger charge is -2.36. The van der Waals surface area contributed by atoms with Crippen LogP contribution < -0.4 is 5.32 Å². The highest BCUT2D eigenvalue weighted by Crippen LogP contribution is 2.44. The monoisotopic (exact) mass is 480 g/mol. The Bertz CT molecular complexity index is 1060. The van der Waals surface area contributed by atoms with E-state index in [0.29, 0.717) is 6.42 Å². The first-order valence-corrected chi connectivity index (χ1v) is 11.9. The first kappa shape index (κ1) is 24.7. The zero-order valence-electron chi connectivity index (χ0n) is 20.3. The molecule has 1 fully saturated rings. The number of aliphatic carboxylic acids is 1. The lowest BCUT2D eigenvalue weighted by molar-refractivity contribution is -0.150. The summed E-state index contributed by atoms with van der Waals surface area (Å²) in [6.07, 6.45) is -0.460. The Labute approximate surface area is 205 Å². The molecule has 1 saturated heterocycles. The van der Waals surface area contributed by atoms with Crippen LogP contribution in [0.25, 0.3) is 11.1 Å². The van der Waals surface area contributed by atoms with Gasteiger partial charge in [0, 0.05) is 18.0 Å². The molecule has 2 aromatic carbocycles. The Hall–Kier alpha value is -3.39. The van der Waals surface area contributed by atoms with Crippen molar-refractivity contribution in [2.45, 2.75) is 44.8 Å². The van der Waals surface area contributed by atoms with Crippen LogP contribution in [0.3, 0.4) is 0 Å². The SMILES string of the molecule is CC(C)(C)N(CC(=O)O)C(=O)[C@@H]1CO[C@H](CNC(=O)OCC2c3ccccc3-c3ccccc32)C1. The summed E-state index contributed by atoms with van der Waals surface area (Å²) in [7, 11) is 0. The third-order valence-electron chi connectivity index (χ3n) is 6.62. The van der Waals surface area contributed by atoms with E-state index in [0.717, 1.165) is 11.1 Å². The second-order valence-electron chi connectivity index (χ2n) is 10.1. The summed E-state index contributed by atoms with van der Waals surface area (Å²) in [5.74, 6) is -1.76. The molecule has 2 atom stereocenters. The number of hydrogen-bond acceptors (Lipinski definition) is 5. The number of nitrogens with zero attached hydrogens (tertiary/aromatic N) is 1. The Balaban J connectivity index is 1.28. The first-order chi connectivity index (χ1) is 16.6. The van der Waals surface area contributed by atoms with Crippen molar-refractivity contribution >= 4 is 18.0 Å². The van der Waals surface area contributed by atoms with Crippen LogP contribution in [0.4, 0.5) is 4.79 Å². The van der Waals surface area contributed by atoms with Crippen LogP contribution in [0.1, 0.15) is 44.2 Å². The number of carboxylic acids is 1. The van der Waals surface area contributed by atoms with Crippen molar-refractivity contribution in [2.24, 2.45) is 5.92 Å². The maximum atomic E-state index is 12.9. The van der Waals surface area contributed by atoms with E-state index in [4.69, 9.17) is 9.47 Å². The van der Waals surface area contributed by atoms with Gasteiger partial charge < -0.3 is 24.8 Å². The number of benzene rings is 2. The lowest BCUT2D eigenvalue weighted by Crippen LogP contribution is -2.50. The largest absolute Gasteiger partial charge is 0.480 e. The second kappa shape index (κ2) is 10.1. The number of ether oxygens (including phenoxy) is 2. The molecule has 2 N–H and O–H groups in total. The number of carbonyl (C=O) groups excluding carboxylic acids is 2. The normalized spacial score (nSPS) is 19.1. The summed E-state index contributed by atoms with van der Waals surface area (Å²) in [5, 5.41) is 11.9. The van der Waals surface area contributed by atoms with E-state index in [-0.39, 0.29) is 44.2 Å². The first-order valence-electron chi connectivity index (χ1n) is 11.9. The molecule has 186 valence electrons. The van der Waals surface area contributed by atoms with Crippen LogP contribution in [0, 0.1) is 5.92 Å². The van der Waals surface area contributed by atoms with Gasteiger partial charge in [-0.05, 0) is 49.4 Å². The molecule has 0 aromatic heterocycles. The van der Waals surface area contributed by atoms with Crippen molar-refractivity contribution in [2.75, 3.05) is 26.3 Å². The van der Waals surface area contributed by atoms with Crippen molar-refractivity contribution in [3.8, 4) is 11.1 Å². The number of carboxylic acid groups (broad SMARTS) is 1. The fraction of sp³-hybridized carbons (Fsp3) is 0.444. The molecule has 8 heteroatoms. The molecule has 1 aliphatic heterocycles. The predicted octanol–water partition coefficient (Wildman–Crippen LogP) is 3.64. The molecule has 2 aromatic rings. The third-order valence-corrected chi connectivity index (χ3v) is 6.62. The highest BCUT2D eigenvalue weighted by Gasteiger charge is 2.38. The van der Waals surface area contributed by atoms with Gasteiger partial charge in [0.25, 0.3) is 0 Å². The minimum absolute atomic E-state index is 0.0181. The lowest BCUT2D eigenvalue weighted by atomic mass is 9.98. The third kappa shape index (κ3) is 5.48. The topological polar surface area (TPSA) is 105 Å². The molecule has 4 rings (SSSR count). The average Bonchev–Trinajstić information content (AvgIpc) is 3.42. The van der Waals surface area contributed by atoms with Gasteiger partial charge in [0.05, 0.1) is 18.6 Å². The smallest absolute Gasteiger partial charge is 0.407 e. The summed E-state index contributed by atoms with van der Waals surface area (Å²) < 4.78 is 11.3. The van der Waals surface area contributed by atoms with Gasteiger partial charge in [0.2, 0.25) is 5.91 Å². The van der Waals surface area contributed by atoms with E-state index in [9.17, 15) is 19.5 Å². The fourth-order valence-electron chi connectivity index (χ4n) is 4.87. The van der Waals surface area contributed by atoms with Crippen LogP contribution >= 0.6 is 0 Å². The molecule has 0 spiro atoms. The van der Waals surface area contributed by atoms with E-state index in [2.05, 4.69) is 29.6 Å². The molecule has 0 bridgehead atoms. The van der Waals surface area contributed by atoms with Crippen molar-refractivity contribution in [3.63, 3.8) is 0 Å². The number of nitrogens with one attached hydrogen (secondary N) is 1. The van der Waals surface area contributed by atoms with Crippen molar-refractivity contribution in [1.29, 1.82) is 0 Å². The molecule has 1 heterocycles. The minimum Gasteiger partial charge on any atom is -0.480 e. The highest BCUT2D eigenvalue weighted by molar-refractivity contribution is 5.84. The summed E-state index contributed by atoms with van der Waals surface area (Å²) >= 11 is 0. The molecule has 0 radical (unpaired) electrons. The van der Waals surface area contributed by atoms with E-state index >= 15 is 0 Å². The average molecular weight is 481 g/mol. The number of carbonyl (C=O) groups is 3. The van der Waals surface area contributed by atoms with Gasteiger partial charge >= 0.3 is 12.1 Å². The summed E-state index contributed by atoms with van der Waals surface area (Å²) in [6.45, 7) is 5.69. The minimum atomic E-state index is -1.05. The Morgan fingerprint density at radius 2 is 1.66 bits per heavy atom. The number of rotatable bonds is 7. The highest BCUT2D eigenvalue weighted by atomic mass is 16.5. The van der Waals surface area contributed by atoms with E-state index in [1.807, 2.05) is 24.3 Å². The number of alkyl carbamates (subject to hydrolysis) is 1. The van der Waals surface area contributed by atoms with Gasteiger partial charge in [-0.3, -0.25) is 9.59 Å². The summed E-state index contributed by atoms with van der Waals surface area (Å²) in [4.78, 5) is 38.0. The Morgan fingerprint density at radius 1 is 1.06 bits per heavy atom. The molecule has 0 saturated carbocycles. The van der Waals surface area contributed by atoms with Gasteiger partial charge in [-0.2, -0.15) is 0 Å². The van der Waals surface area contributed by atoms with E-state index in [1.54, 1.807) is 20.8 Å². The van der Waals surface area contributed by atoms with Gasteiger partial charge in [-0.15, -0.1) is 0 Å². The van der Waals surface area contributed by atoms with Crippen LogP contribution in [0.2, 0.25) is 0 Å². The van der Waals surface area contributed by atoms with Crippen LogP contribution in [0.15, 0.2) is 48.5 Å². The fourth-order valence-corrected chi connectivity index (χ4v) is 4.87. The van der Waals surface area contributed by atoms with E-state index < -0.39 is 23.5 Å². The Morgan fingerprint density at radius 3 is 2.23 bits per heavy atom. The van der Waals surface area contributed by atoms with Gasteiger partial charge in [-0.1, -0.05) is 48.5 Å². The zero-order valence-corrected chi connectivity index (χ0v) is 20.3. The van der Waals surface area contributed by atoms with Crippen molar-refractivity contribution in [3.05, 3.63) is 59.7 Å². The van der Waals surface area contributed by atoms with Gasteiger partial charge in [0.1, 0.15) is 13.2 Å². The number of hydrogen-bond donors (Lipinski definition) is 2. The molecular formula is C27H32N2O6. The predicted molar refractivity (Wildman–Crippen MR) is 130 cm³/mol. The quantitative estimate of drug-likeness (QED) is 0.627.